The van der Waals surface area contributed by atoms with Crippen molar-refractivity contribution in [1.29, 1.82) is 0 Å². The predicted octanol–water partition coefficient (Wildman–Crippen LogP) is 1.03. The van der Waals surface area contributed by atoms with E-state index >= 15 is 0 Å². The number of carbonyl (C=O) groups is 1. The van der Waals surface area contributed by atoms with Crippen molar-refractivity contribution in [3.8, 4) is 5.69 Å². The Morgan fingerprint density at radius 2 is 2.00 bits per heavy atom. The fourth-order valence-corrected chi connectivity index (χ4v) is 1.82. The minimum absolute atomic E-state index is 0.0231. The third-order valence-corrected chi connectivity index (χ3v) is 2.79. The highest BCUT2D eigenvalue weighted by atomic mass is 19.1. The SMILES string of the molecule is Cc1cc(=O)c(C(=O)NN)cn1-c1ccc(F)cc1F. The number of nitrogens with two attached hydrogens (primary N) is 1. The van der Waals surface area contributed by atoms with Gasteiger partial charge in [0.15, 0.2) is 5.43 Å². The van der Waals surface area contributed by atoms with Gasteiger partial charge < -0.3 is 4.57 Å². The molecule has 0 aliphatic carbocycles. The fourth-order valence-electron chi connectivity index (χ4n) is 1.82. The van der Waals surface area contributed by atoms with E-state index in [4.69, 9.17) is 5.84 Å². The number of aromatic nitrogens is 1. The maximum atomic E-state index is 13.8. The van der Waals surface area contributed by atoms with Crippen LogP contribution in [-0.4, -0.2) is 10.5 Å². The Kier molecular flexibility index (Phi) is 3.62. The van der Waals surface area contributed by atoms with Gasteiger partial charge >= 0.3 is 0 Å². The van der Waals surface area contributed by atoms with Gasteiger partial charge in [-0.3, -0.25) is 15.0 Å². The number of carbonyl (C=O) groups excluding carboxylic acids is 1. The first-order chi connectivity index (χ1) is 9.43. The van der Waals surface area contributed by atoms with Gasteiger partial charge in [0.25, 0.3) is 5.91 Å². The van der Waals surface area contributed by atoms with Crippen molar-refractivity contribution in [2.75, 3.05) is 0 Å². The van der Waals surface area contributed by atoms with Gasteiger partial charge in [0.1, 0.15) is 17.2 Å². The number of rotatable bonds is 2. The second-order valence-electron chi connectivity index (χ2n) is 4.13. The molecule has 1 amide bonds. The Morgan fingerprint density at radius 1 is 1.30 bits per heavy atom. The minimum Gasteiger partial charge on any atom is -0.317 e. The van der Waals surface area contributed by atoms with Crippen molar-refractivity contribution in [3.63, 3.8) is 0 Å². The van der Waals surface area contributed by atoms with Crippen molar-refractivity contribution >= 4 is 5.91 Å². The average Bonchev–Trinajstić information content (AvgIpc) is 2.39. The van der Waals surface area contributed by atoms with Crippen LogP contribution >= 0.6 is 0 Å². The van der Waals surface area contributed by atoms with Crippen molar-refractivity contribution < 1.29 is 13.6 Å². The van der Waals surface area contributed by atoms with Crippen molar-refractivity contribution in [3.05, 3.63) is 63.6 Å². The monoisotopic (exact) mass is 279 g/mol. The van der Waals surface area contributed by atoms with Gasteiger partial charge in [-0.05, 0) is 19.1 Å². The molecule has 0 atom stereocenters. The zero-order chi connectivity index (χ0) is 14.9. The van der Waals surface area contributed by atoms with E-state index < -0.39 is 23.0 Å². The number of nitrogen functional groups attached to an aromatic ring is 1. The molecule has 7 heteroatoms. The lowest BCUT2D eigenvalue weighted by molar-refractivity contribution is 0.0952. The Morgan fingerprint density at radius 3 is 2.60 bits per heavy atom. The van der Waals surface area contributed by atoms with Crippen LogP contribution in [-0.2, 0) is 0 Å². The highest BCUT2D eigenvalue weighted by Crippen LogP contribution is 2.16. The van der Waals surface area contributed by atoms with E-state index in [2.05, 4.69) is 0 Å². The second kappa shape index (κ2) is 5.22. The van der Waals surface area contributed by atoms with Gasteiger partial charge in [-0.2, -0.15) is 0 Å². The molecule has 0 saturated carbocycles. The molecule has 0 fully saturated rings. The number of aryl methyl sites for hydroxylation is 1. The summed E-state index contributed by atoms with van der Waals surface area (Å²) in [6.07, 6.45) is 1.16. The quantitative estimate of drug-likeness (QED) is 0.489. The summed E-state index contributed by atoms with van der Waals surface area (Å²) in [6.45, 7) is 1.56. The van der Waals surface area contributed by atoms with Gasteiger partial charge in [-0.15, -0.1) is 0 Å². The standard InChI is InChI=1S/C13H11F2N3O2/c1-7-4-12(19)9(13(20)17-16)6-18(7)11-3-2-8(14)5-10(11)15/h2-6H,16H2,1H3,(H,17,20). The molecule has 0 saturated heterocycles. The van der Waals surface area contributed by atoms with E-state index in [0.717, 1.165) is 18.3 Å². The van der Waals surface area contributed by atoms with E-state index in [1.165, 1.54) is 16.7 Å². The third kappa shape index (κ3) is 2.43. The molecule has 0 radical (unpaired) electrons. The summed E-state index contributed by atoms with van der Waals surface area (Å²) in [5.41, 5.74) is 1.49. The van der Waals surface area contributed by atoms with Crippen LogP contribution in [0.1, 0.15) is 16.1 Å². The highest BCUT2D eigenvalue weighted by Gasteiger charge is 2.14. The van der Waals surface area contributed by atoms with Crippen LogP contribution in [0, 0.1) is 18.6 Å². The molecule has 2 aromatic rings. The highest BCUT2D eigenvalue weighted by molar-refractivity contribution is 5.93. The van der Waals surface area contributed by atoms with E-state index in [1.807, 2.05) is 5.43 Å². The van der Waals surface area contributed by atoms with Crippen LogP contribution in [0.2, 0.25) is 0 Å². The van der Waals surface area contributed by atoms with Crippen LogP contribution in [0.5, 0.6) is 0 Å². The summed E-state index contributed by atoms with van der Waals surface area (Å²) < 4.78 is 28.0. The summed E-state index contributed by atoms with van der Waals surface area (Å²) in [5.74, 6) is 2.67. The number of amides is 1. The van der Waals surface area contributed by atoms with Crippen LogP contribution in [0.25, 0.3) is 5.69 Å². The molecular formula is C13H11F2N3O2. The summed E-state index contributed by atoms with van der Waals surface area (Å²) in [4.78, 5) is 23.1. The summed E-state index contributed by atoms with van der Waals surface area (Å²) in [5, 5.41) is 0. The van der Waals surface area contributed by atoms with Crippen LogP contribution in [0.3, 0.4) is 0 Å². The number of nitrogens with zero attached hydrogens (tertiary/aromatic N) is 1. The molecule has 104 valence electrons. The fraction of sp³-hybridized carbons (Fsp3) is 0.0769. The molecule has 20 heavy (non-hydrogen) atoms. The number of hydrogen-bond acceptors (Lipinski definition) is 3. The lowest BCUT2D eigenvalue weighted by atomic mass is 10.2. The molecule has 0 unspecified atom stereocenters. The molecule has 3 N–H and O–H groups in total. The molecule has 0 bridgehead atoms. The zero-order valence-corrected chi connectivity index (χ0v) is 10.5. The second-order valence-corrected chi connectivity index (χ2v) is 4.13. The smallest absolute Gasteiger partial charge is 0.270 e. The van der Waals surface area contributed by atoms with Gasteiger partial charge in [-0.1, -0.05) is 0 Å². The number of pyridine rings is 1. The maximum absolute atomic E-state index is 13.8. The number of nitrogens with one attached hydrogen (secondary N) is 1. The molecule has 1 aromatic carbocycles. The Bertz CT molecular complexity index is 741. The van der Waals surface area contributed by atoms with Gasteiger partial charge in [0.2, 0.25) is 0 Å². The molecule has 0 spiro atoms. The number of halogens is 2. The summed E-state index contributed by atoms with van der Waals surface area (Å²) in [7, 11) is 0. The first kappa shape index (κ1) is 13.9. The van der Waals surface area contributed by atoms with Gasteiger partial charge in [0, 0.05) is 24.0 Å². The van der Waals surface area contributed by atoms with Crippen LogP contribution in [0.4, 0.5) is 8.78 Å². The van der Waals surface area contributed by atoms with E-state index in [1.54, 1.807) is 6.92 Å². The lowest BCUT2D eigenvalue weighted by Gasteiger charge is -2.13. The maximum Gasteiger partial charge on any atom is 0.270 e. The van der Waals surface area contributed by atoms with Gasteiger partial charge in [-0.25, -0.2) is 14.6 Å². The molecule has 1 aromatic heterocycles. The largest absolute Gasteiger partial charge is 0.317 e. The van der Waals surface area contributed by atoms with Crippen LogP contribution < -0.4 is 16.7 Å². The predicted molar refractivity (Wildman–Crippen MR) is 68.3 cm³/mol. The Balaban J connectivity index is 2.68. The van der Waals surface area contributed by atoms with Gasteiger partial charge in [0.05, 0.1) is 5.69 Å². The third-order valence-electron chi connectivity index (χ3n) is 2.79. The van der Waals surface area contributed by atoms with E-state index in [9.17, 15) is 18.4 Å². The first-order valence-electron chi connectivity index (χ1n) is 5.63. The molecule has 0 aliphatic heterocycles. The van der Waals surface area contributed by atoms with Crippen molar-refractivity contribution in [1.82, 2.24) is 9.99 Å². The number of hydrogen-bond donors (Lipinski definition) is 2. The summed E-state index contributed by atoms with van der Waals surface area (Å²) in [6, 6.07) is 4.19. The molecule has 5 nitrogen and oxygen atoms in total. The van der Waals surface area contributed by atoms with Crippen molar-refractivity contribution in [2.24, 2.45) is 5.84 Å². The normalized spacial score (nSPS) is 10.4. The number of hydrazine groups is 1. The number of benzene rings is 1. The average molecular weight is 279 g/mol. The van der Waals surface area contributed by atoms with Crippen molar-refractivity contribution in [2.45, 2.75) is 6.92 Å². The lowest BCUT2D eigenvalue weighted by Crippen LogP contribution is -2.34. The first-order valence-corrected chi connectivity index (χ1v) is 5.63. The Labute approximate surface area is 112 Å². The van der Waals surface area contributed by atoms with E-state index in [0.29, 0.717) is 5.69 Å². The molecule has 1 heterocycles. The molecule has 2 rings (SSSR count). The molecular weight excluding hydrogens is 268 g/mol. The topological polar surface area (TPSA) is 77.1 Å². The Hall–Kier alpha value is -2.54. The van der Waals surface area contributed by atoms with Crippen LogP contribution in [0.15, 0.2) is 35.3 Å². The minimum atomic E-state index is -0.809. The zero-order valence-electron chi connectivity index (χ0n) is 10.5. The summed E-state index contributed by atoms with van der Waals surface area (Å²) >= 11 is 0. The van der Waals surface area contributed by atoms with E-state index in [-0.39, 0.29) is 11.3 Å². The molecule has 0 aliphatic rings.